The predicted molar refractivity (Wildman–Crippen MR) is 95.3 cm³/mol. The molecule has 0 unspecified atom stereocenters. The number of ketones is 1. The summed E-state index contributed by atoms with van der Waals surface area (Å²) in [7, 11) is 1.57. The average Bonchev–Trinajstić information content (AvgIpc) is 3.10. The number of nitrogens with zero attached hydrogens (tertiary/aromatic N) is 4. The fraction of sp³-hybridized carbons (Fsp3) is 0.471. The van der Waals surface area contributed by atoms with Crippen LogP contribution in [0, 0.1) is 0 Å². The second-order valence-corrected chi connectivity index (χ2v) is 6.74. The first-order chi connectivity index (χ1) is 11.7. The van der Waals surface area contributed by atoms with E-state index in [9.17, 15) is 4.79 Å². The Hall–Kier alpha value is -1.99. The maximum Gasteiger partial charge on any atom is 0.208 e. The van der Waals surface area contributed by atoms with Crippen LogP contribution in [0.5, 0.6) is 5.75 Å². The number of anilines is 1. The topological polar surface area (TPSA) is 58.6 Å². The van der Waals surface area contributed by atoms with Crippen molar-refractivity contribution in [2.45, 2.75) is 13.3 Å². The number of methoxy groups -OCH3 is 1. The Morgan fingerprint density at radius 2 is 1.96 bits per heavy atom. The minimum absolute atomic E-state index is 0.00551. The van der Waals surface area contributed by atoms with Crippen molar-refractivity contribution in [3.8, 4) is 5.75 Å². The molecule has 128 valence electrons. The highest BCUT2D eigenvalue weighted by molar-refractivity contribution is 7.15. The highest BCUT2D eigenvalue weighted by Crippen LogP contribution is 2.24. The van der Waals surface area contributed by atoms with Crippen molar-refractivity contribution in [1.29, 1.82) is 0 Å². The molecule has 1 aromatic carbocycles. The third-order valence-corrected chi connectivity index (χ3v) is 5.25. The van der Waals surface area contributed by atoms with E-state index in [1.54, 1.807) is 19.2 Å². The first kappa shape index (κ1) is 16.9. The lowest BCUT2D eigenvalue weighted by molar-refractivity contribution is 0.0990. The van der Waals surface area contributed by atoms with Crippen LogP contribution in [-0.2, 0) is 6.42 Å². The fourth-order valence-electron chi connectivity index (χ4n) is 2.81. The monoisotopic (exact) mass is 346 g/mol. The number of rotatable bonds is 6. The third-order valence-electron chi connectivity index (χ3n) is 4.27. The van der Waals surface area contributed by atoms with Crippen LogP contribution in [0.4, 0.5) is 5.13 Å². The Morgan fingerprint density at radius 1 is 1.21 bits per heavy atom. The van der Waals surface area contributed by atoms with E-state index in [1.807, 2.05) is 12.1 Å². The molecule has 6 nitrogen and oxygen atoms in total. The van der Waals surface area contributed by atoms with Gasteiger partial charge in [0.25, 0.3) is 0 Å². The lowest BCUT2D eigenvalue weighted by atomic mass is 10.1. The molecule has 0 bridgehead atoms. The Kier molecular flexibility index (Phi) is 5.42. The van der Waals surface area contributed by atoms with E-state index in [-0.39, 0.29) is 12.2 Å². The van der Waals surface area contributed by atoms with Gasteiger partial charge in [0.2, 0.25) is 5.13 Å². The van der Waals surface area contributed by atoms with Gasteiger partial charge in [-0.1, -0.05) is 30.4 Å². The quantitative estimate of drug-likeness (QED) is 0.747. The van der Waals surface area contributed by atoms with E-state index in [1.165, 1.54) is 11.3 Å². The molecular formula is C17H22N4O2S. The molecule has 7 heteroatoms. The summed E-state index contributed by atoms with van der Waals surface area (Å²) >= 11 is 1.51. The van der Waals surface area contributed by atoms with E-state index in [0.717, 1.165) is 42.9 Å². The van der Waals surface area contributed by atoms with Gasteiger partial charge in [0.1, 0.15) is 10.8 Å². The number of carbonyl (C=O) groups excluding carboxylic acids is 1. The molecule has 1 aliphatic rings. The Morgan fingerprint density at radius 3 is 2.67 bits per heavy atom. The minimum atomic E-state index is 0.00551. The van der Waals surface area contributed by atoms with Gasteiger partial charge in [0.05, 0.1) is 19.1 Å². The number of hydrogen-bond acceptors (Lipinski definition) is 7. The van der Waals surface area contributed by atoms with E-state index in [0.29, 0.717) is 11.3 Å². The summed E-state index contributed by atoms with van der Waals surface area (Å²) in [6.07, 6.45) is 0.257. The van der Waals surface area contributed by atoms with Crippen LogP contribution < -0.4 is 9.64 Å². The van der Waals surface area contributed by atoms with Gasteiger partial charge in [-0.25, -0.2) is 0 Å². The standard InChI is InChI=1S/C17H22N4O2S/c1-3-20-8-10-21(11-9-20)17-19-18-16(24-17)12-14(22)13-6-4-5-7-15(13)23-2/h4-7H,3,8-12H2,1-2H3. The molecule has 1 aromatic heterocycles. The molecule has 0 radical (unpaired) electrons. The second-order valence-electron chi connectivity index (χ2n) is 5.70. The van der Waals surface area contributed by atoms with Crippen LogP contribution in [0.15, 0.2) is 24.3 Å². The smallest absolute Gasteiger partial charge is 0.208 e. The Balaban J connectivity index is 1.65. The number of benzene rings is 1. The minimum Gasteiger partial charge on any atom is -0.496 e. The molecule has 0 saturated carbocycles. The highest BCUT2D eigenvalue weighted by Gasteiger charge is 2.20. The summed E-state index contributed by atoms with van der Waals surface area (Å²) in [6, 6.07) is 7.28. The maximum atomic E-state index is 12.5. The van der Waals surface area contributed by atoms with Crippen molar-refractivity contribution in [3.05, 3.63) is 34.8 Å². The fourth-order valence-corrected chi connectivity index (χ4v) is 3.70. The zero-order valence-corrected chi connectivity index (χ0v) is 14.9. The summed E-state index contributed by atoms with van der Waals surface area (Å²) in [4.78, 5) is 17.2. The highest BCUT2D eigenvalue weighted by atomic mass is 32.1. The molecule has 0 aliphatic carbocycles. The summed E-state index contributed by atoms with van der Waals surface area (Å²) in [5.41, 5.74) is 0.591. The predicted octanol–water partition coefficient (Wildman–Crippen LogP) is 2.11. The van der Waals surface area contributed by atoms with Gasteiger partial charge in [0.15, 0.2) is 5.78 Å². The summed E-state index contributed by atoms with van der Waals surface area (Å²) in [6.45, 7) is 7.29. The second kappa shape index (κ2) is 7.72. The Labute approximate surface area is 146 Å². The van der Waals surface area contributed by atoms with Gasteiger partial charge in [0, 0.05) is 26.2 Å². The van der Waals surface area contributed by atoms with E-state index in [4.69, 9.17) is 4.74 Å². The van der Waals surface area contributed by atoms with Gasteiger partial charge in [-0.05, 0) is 18.7 Å². The molecule has 0 N–H and O–H groups in total. The van der Waals surface area contributed by atoms with Crippen LogP contribution in [0.2, 0.25) is 0 Å². The molecule has 1 aliphatic heterocycles. The molecule has 3 rings (SSSR count). The van der Waals surface area contributed by atoms with Crippen molar-refractivity contribution in [2.24, 2.45) is 0 Å². The lowest BCUT2D eigenvalue weighted by Gasteiger charge is -2.33. The number of ether oxygens (including phenoxy) is 1. The molecule has 1 saturated heterocycles. The van der Waals surface area contributed by atoms with Crippen LogP contribution in [0.25, 0.3) is 0 Å². The average molecular weight is 346 g/mol. The van der Waals surface area contributed by atoms with Crippen LogP contribution >= 0.6 is 11.3 Å². The summed E-state index contributed by atoms with van der Waals surface area (Å²) in [5.74, 6) is 0.605. The zero-order valence-electron chi connectivity index (χ0n) is 14.1. The van der Waals surface area contributed by atoms with Crippen LogP contribution in [0.3, 0.4) is 0 Å². The number of carbonyl (C=O) groups is 1. The zero-order chi connectivity index (χ0) is 16.9. The number of hydrogen-bond donors (Lipinski definition) is 0. The number of piperazine rings is 1. The van der Waals surface area contributed by atoms with Crippen molar-refractivity contribution >= 4 is 22.3 Å². The van der Waals surface area contributed by atoms with E-state index in [2.05, 4.69) is 26.9 Å². The van der Waals surface area contributed by atoms with E-state index >= 15 is 0 Å². The first-order valence-corrected chi connectivity index (χ1v) is 8.98. The number of likely N-dealkylation sites (N-methyl/N-ethyl adjacent to an activating group) is 1. The van der Waals surface area contributed by atoms with Gasteiger partial charge in [-0.3, -0.25) is 4.79 Å². The first-order valence-electron chi connectivity index (χ1n) is 8.17. The molecule has 2 aromatic rings. The molecule has 0 spiro atoms. The van der Waals surface area contributed by atoms with Gasteiger partial charge < -0.3 is 14.5 Å². The molecule has 0 atom stereocenters. The molecule has 24 heavy (non-hydrogen) atoms. The normalized spacial score (nSPS) is 15.5. The SMILES string of the molecule is CCN1CCN(c2nnc(CC(=O)c3ccccc3OC)s2)CC1. The third kappa shape index (κ3) is 3.73. The van der Waals surface area contributed by atoms with Crippen molar-refractivity contribution in [1.82, 2.24) is 15.1 Å². The molecular weight excluding hydrogens is 324 g/mol. The molecule has 0 amide bonds. The van der Waals surface area contributed by atoms with Gasteiger partial charge in [-0.2, -0.15) is 0 Å². The number of aromatic nitrogens is 2. The van der Waals surface area contributed by atoms with Gasteiger partial charge in [-0.15, -0.1) is 10.2 Å². The molecule has 1 fully saturated rings. The van der Waals surface area contributed by atoms with Crippen molar-refractivity contribution in [2.75, 3.05) is 44.7 Å². The van der Waals surface area contributed by atoms with Crippen LogP contribution in [-0.4, -0.2) is 60.7 Å². The van der Waals surface area contributed by atoms with E-state index < -0.39 is 0 Å². The number of para-hydroxylation sites is 1. The Bertz CT molecular complexity index is 695. The van der Waals surface area contributed by atoms with Crippen molar-refractivity contribution in [3.63, 3.8) is 0 Å². The largest absolute Gasteiger partial charge is 0.496 e. The van der Waals surface area contributed by atoms with Crippen molar-refractivity contribution < 1.29 is 9.53 Å². The summed E-state index contributed by atoms with van der Waals surface area (Å²) in [5, 5.41) is 10.1. The summed E-state index contributed by atoms with van der Waals surface area (Å²) < 4.78 is 5.26. The van der Waals surface area contributed by atoms with Gasteiger partial charge >= 0.3 is 0 Å². The lowest BCUT2D eigenvalue weighted by Crippen LogP contribution is -2.46. The molecule has 2 heterocycles. The maximum absolute atomic E-state index is 12.5. The number of Topliss-reactive ketones (excluding diaryl/α,β-unsaturated/α-hetero) is 1. The van der Waals surface area contributed by atoms with Crippen LogP contribution in [0.1, 0.15) is 22.3 Å².